The van der Waals surface area contributed by atoms with Crippen molar-refractivity contribution in [2.75, 3.05) is 13.6 Å². The summed E-state index contributed by atoms with van der Waals surface area (Å²) in [4.78, 5) is 0. The van der Waals surface area contributed by atoms with Crippen molar-refractivity contribution in [3.8, 4) is 0 Å². The highest BCUT2D eigenvalue weighted by atomic mass is 14.8. The van der Waals surface area contributed by atoms with Crippen LogP contribution in [0.3, 0.4) is 0 Å². The Balaban J connectivity index is 0. The van der Waals surface area contributed by atoms with Crippen LogP contribution in [0.25, 0.3) is 0 Å². The molecule has 0 aliphatic heterocycles. The molecule has 1 nitrogen and oxygen atoms in total. The van der Waals surface area contributed by atoms with Crippen molar-refractivity contribution in [3.05, 3.63) is 18.4 Å². The average Bonchev–Trinajstić information content (AvgIpc) is 1.88. The summed E-state index contributed by atoms with van der Waals surface area (Å²) >= 11 is 0. The fourth-order valence-corrected chi connectivity index (χ4v) is 0. The molecule has 0 saturated carbocycles. The largest absolute Gasteiger partial charge is 0.320 e. The first-order chi connectivity index (χ1) is 3.83. The number of hydrogen-bond acceptors (Lipinski definition) is 1. The van der Waals surface area contributed by atoms with Crippen molar-refractivity contribution in [3.63, 3.8) is 0 Å². The van der Waals surface area contributed by atoms with Gasteiger partial charge in [0, 0.05) is 0 Å². The molecule has 1 N–H and O–H groups in total. The van der Waals surface area contributed by atoms with Crippen LogP contribution in [0.1, 0.15) is 13.8 Å². The molecule has 0 saturated heterocycles. The molecule has 0 fully saturated rings. The quantitative estimate of drug-likeness (QED) is 0.509. The van der Waals surface area contributed by atoms with Gasteiger partial charge in [-0.05, 0) is 26.6 Å². The Bertz CT molecular complexity index is 58.8. The molecular formula is C7H15N. The van der Waals surface area contributed by atoms with Gasteiger partial charge in [0.15, 0.2) is 0 Å². The third-order valence-electron chi connectivity index (χ3n) is 0.558. The van der Waals surface area contributed by atoms with Gasteiger partial charge in [0.25, 0.3) is 0 Å². The Morgan fingerprint density at radius 3 is 2.00 bits per heavy atom. The zero-order valence-corrected chi connectivity index (χ0v) is 5.99. The number of hydrogen-bond donors (Lipinski definition) is 1. The fourth-order valence-electron chi connectivity index (χ4n) is 0. The molecule has 0 amide bonds. The van der Waals surface area contributed by atoms with Gasteiger partial charge in [-0.2, -0.15) is 0 Å². The maximum absolute atomic E-state index is 3.30. The summed E-state index contributed by atoms with van der Waals surface area (Å²) in [7, 11) is 1.93. The minimum absolute atomic E-state index is 1.07. The van der Waals surface area contributed by atoms with Crippen LogP contribution in [0.4, 0.5) is 0 Å². The molecule has 0 aromatic heterocycles. The van der Waals surface area contributed by atoms with Crippen LogP contribution in [0.5, 0.6) is 0 Å². The average molecular weight is 113 g/mol. The van der Waals surface area contributed by atoms with Crippen LogP contribution in [0.15, 0.2) is 18.4 Å². The molecule has 1 heteroatoms. The van der Waals surface area contributed by atoms with E-state index in [1.54, 1.807) is 6.08 Å². The lowest BCUT2D eigenvalue weighted by Crippen LogP contribution is -2.01. The number of nitrogens with one attached hydrogen (secondary N) is 1. The topological polar surface area (TPSA) is 12.0 Å². The van der Waals surface area contributed by atoms with Crippen LogP contribution in [-0.2, 0) is 0 Å². The fraction of sp³-hybridized carbons (Fsp3) is 0.571. The summed E-state index contributed by atoms with van der Waals surface area (Å²) in [6, 6.07) is 0. The molecule has 8 heavy (non-hydrogen) atoms. The van der Waals surface area contributed by atoms with Gasteiger partial charge in [0.2, 0.25) is 0 Å². The van der Waals surface area contributed by atoms with Gasteiger partial charge >= 0.3 is 0 Å². The first kappa shape index (κ1) is 10.5. The van der Waals surface area contributed by atoms with E-state index in [0.29, 0.717) is 0 Å². The van der Waals surface area contributed by atoms with Crippen LogP contribution in [0, 0.1) is 0 Å². The van der Waals surface area contributed by atoms with E-state index >= 15 is 0 Å². The summed E-state index contributed by atoms with van der Waals surface area (Å²) < 4.78 is 0. The van der Waals surface area contributed by atoms with Crippen LogP contribution in [-0.4, -0.2) is 13.6 Å². The van der Waals surface area contributed by atoms with E-state index in [4.69, 9.17) is 0 Å². The molecule has 0 heterocycles. The third-order valence-corrected chi connectivity index (χ3v) is 0.558. The van der Waals surface area contributed by atoms with Gasteiger partial charge < -0.3 is 5.32 Å². The Labute approximate surface area is 52.1 Å². The van der Waals surface area contributed by atoms with Crippen molar-refractivity contribution < 1.29 is 0 Å². The third kappa shape index (κ3) is 50.2. The predicted molar refractivity (Wildman–Crippen MR) is 39.0 cm³/mol. The van der Waals surface area contributed by atoms with E-state index in [9.17, 15) is 0 Å². The first-order valence-electron chi connectivity index (χ1n) is 2.78. The van der Waals surface area contributed by atoms with E-state index in [1.165, 1.54) is 0 Å². The molecule has 0 spiro atoms. The van der Waals surface area contributed by atoms with E-state index < -0.39 is 0 Å². The van der Waals surface area contributed by atoms with E-state index in [0.717, 1.165) is 6.54 Å². The van der Waals surface area contributed by atoms with Gasteiger partial charge in [-0.3, -0.25) is 0 Å². The van der Waals surface area contributed by atoms with Crippen LogP contribution < -0.4 is 5.32 Å². The minimum Gasteiger partial charge on any atom is -0.320 e. The van der Waals surface area contributed by atoms with Crippen molar-refractivity contribution in [2.45, 2.75) is 13.8 Å². The highest BCUT2D eigenvalue weighted by Crippen LogP contribution is 1.46. The van der Waals surface area contributed by atoms with Crippen molar-refractivity contribution in [1.82, 2.24) is 5.32 Å². The van der Waals surface area contributed by atoms with Crippen LogP contribution in [0.2, 0.25) is 0 Å². The second kappa shape index (κ2) is 16.1. The van der Waals surface area contributed by atoms with Gasteiger partial charge in [-0.15, -0.1) is 5.73 Å². The summed E-state index contributed by atoms with van der Waals surface area (Å²) in [6.07, 6.45) is 1.76. The summed E-state index contributed by atoms with van der Waals surface area (Å²) in [5, 5.41) is 2.93. The normalized spacial score (nSPS) is 5.88. The first-order valence-corrected chi connectivity index (χ1v) is 2.78. The smallest absolute Gasteiger partial charge is 0.00804 e. The summed E-state index contributed by atoms with van der Waals surface area (Å²) in [5.74, 6) is 0. The highest BCUT2D eigenvalue weighted by molar-refractivity contribution is 4.67. The Morgan fingerprint density at radius 2 is 2.00 bits per heavy atom. The second-order valence-electron chi connectivity index (χ2n) is 1.20. The van der Waals surface area contributed by atoms with E-state index in [2.05, 4.69) is 24.6 Å². The molecule has 0 radical (unpaired) electrons. The van der Waals surface area contributed by atoms with Crippen molar-refractivity contribution >= 4 is 0 Å². The van der Waals surface area contributed by atoms with Gasteiger partial charge in [-0.25, -0.2) is 0 Å². The lowest BCUT2D eigenvalue weighted by molar-refractivity contribution is 0.864. The molecule has 0 bridgehead atoms. The molecule has 0 aliphatic rings. The van der Waals surface area contributed by atoms with Gasteiger partial charge in [-0.1, -0.05) is 13.5 Å². The number of rotatable bonds is 1. The molecular weight excluding hydrogens is 98.1 g/mol. The molecule has 0 aromatic rings. The van der Waals surface area contributed by atoms with E-state index in [-0.39, 0.29) is 0 Å². The molecule has 0 aromatic carbocycles. The van der Waals surface area contributed by atoms with Crippen LogP contribution >= 0.6 is 0 Å². The van der Waals surface area contributed by atoms with Crippen molar-refractivity contribution in [1.29, 1.82) is 0 Å². The lowest BCUT2D eigenvalue weighted by Gasteiger charge is -1.76. The van der Waals surface area contributed by atoms with Crippen molar-refractivity contribution in [2.24, 2.45) is 0 Å². The van der Waals surface area contributed by atoms with E-state index in [1.807, 2.05) is 14.0 Å². The monoisotopic (exact) mass is 113 g/mol. The van der Waals surface area contributed by atoms with Gasteiger partial charge in [0.05, 0.1) is 0 Å². The highest BCUT2D eigenvalue weighted by Gasteiger charge is 1.50. The minimum atomic E-state index is 1.07. The Hall–Kier alpha value is -0.520. The maximum Gasteiger partial charge on any atom is -0.00804 e. The predicted octanol–water partition coefficient (Wildman–Crippen LogP) is 1.57. The maximum atomic E-state index is 3.30. The second-order valence-corrected chi connectivity index (χ2v) is 1.20. The zero-order chi connectivity index (χ0) is 6.83. The summed E-state index contributed by atoms with van der Waals surface area (Å²) in [5.41, 5.74) is 2.56. The number of allylic oxidation sites excluding steroid dienone is 1. The van der Waals surface area contributed by atoms with Gasteiger partial charge in [0.1, 0.15) is 0 Å². The standard InChI is InChI=1S/C4H6.C3H9N/c2*1-3-4-2/h4H,1H2,2H3;4H,3H2,1-2H3. The SMILES string of the molecule is C=C=CC.CCNC. The molecule has 0 atom stereocenters. The summed E-state index contributed by atoms with van der Waals surface area (Å²) in [6.45, 7) is 8.32. The molecule has 0 aliphatic carbocycles. The molecule has 0 rings (SSSR count). The molecule has 0 unspecified atom stereocenters. The zero-order valence-electron chi connectivity index (χ0n) is 5.99. The lowest BCUT2D eigenvalue weighted by atomic mass is 10.7. The Morgan fingerprint density at radius 1 is 1.75 bits per heavy atom. The Kier molecular flexibility index (Phi) is 21.0. The molecule has 48 valence electrons.